The lowest BCUT2D eigenvalue weighted by molar-refractivity contribution is -0.116. The van der Waals surface area contributed by atoms with Crippen LogP contribution in [0.3, 0.4) is 0 Å². The van der Waals surface area contributed by atoms with E-state index in [1.165, 1.54) is 0 Å². The number of hydrogen-bond acceptors (Lipinski definition) is 6. The summed E-state index contributed by atoms with van der Waals surface area (Å²) >= 11 is 5.86. The SMILES string of the molecule is O=C(CCN1CCC(c2nc(-c3ccccn3)no2)CC1)Nc1ccc(Cl)cc1. The van der Waals surface area contributed by atoms with Gasteiger partial charge in [0.25, 0.3) is 0 Å². The van der Waals surface area contributed by atoms with Crippen molar-refractivity contribution in [1.82, 2.24) is 20.0 Å². The summed E-state index contributed by atoms with van der Waals surface area (Å²) in [7, 11) is 0. The van der Waals surface area contributed by atoms with Crippen molar-refractivity contribution in [3.8, 4) is 11.5 Å². The number of halogens is 1. The van der Waals surface area contributed by atoms with E-state index in [4.69, 9.17) is 16.1 Å². The number of hydrogen-bond donors (Lipinski definition) is 1. The van der Waals surface area contributed by atoms with E-state index in [-0.39, 0.29) is 11.8 Å². The molecule has 0 atom stereocenters. The number of carbonyl (C=O) groups is 1. The van der Waals surface area contributed by atoms with Crippen molar-refractivity contribution in [3.05, 3.63) is 59.6 Å². The van der Waals surface area contributed by atoms with E-state index in [1.54, 1.807) is 30.5 Å². The Bertz CT molecular complexity index is 937. The van der Waals surface area contributed by atoms with Gasteiger partial charge in [0, 0.05) is 35.8 Å². The number of pyridine rings is 1. The van der Waals surface area contributed by atoms with Crippen LogP contribution >= 0.6 is 11.6 Å². The van der Waals surface area contributed by atoms with Crippen LogP contribution in [0.5, 0.6) is 0 Å². The van der Waals surface area contributed by atoms with E-state index in [9.17, 15) is 4.79 Å². The van der Waals surface area contributed by atoms with Gasteiger partial charge in [0.1, 0.15) is 5.69 Å². The lowest BCUT2D eigenvalue weighted by atomic mass is 9.96. The largest absolute Gasteiger partial charge is 0.339 e. The Morgan fingerprint density at radius 3 is 2.69 bits per heavy atom. The molecule has 1 amide bonds. The number of nitrogens with zero attached hydrogens (tertiary/aromatic N) is 4. The molecule has 0 aliphatic carbocycles. The molecule has 3 heterocycles. The van der Waals surface area contributed by atoms with E-state index >= 15 is 0 Å². The van der Waals surface area contributed by atoms with Gasteiger partial charge in [-0.1, -0.05) is 22.8 Å². The van der Waals surface area contributed by atoms with Crippen molar-refractivity contribution in [2.24, 2.45) is 0 Å². The van der Waals surface area contributed by atoms with Crippen molar-refractivity contribution in [3.63, 3.8) is 0 Å². The molecule has 1 aromatic carbocycles. The van der Waals surface area contributed by atoms with E-state index < -0.39 is 0 Å². The minimum absolute atomic E-state index is 0.00588. The first kappa shape index (κ1) is 19.5. The topological polar surface area (TPSA) is 84.2 Å². The van der Waals surface area contributed by atoms with Crippen LogP contribution in [-0.2, 0) is 4.79 Å². The van der Waals surface area contributed by atoms with E-state index in [0.717, 1.165) is 38.2 Å². The third-order valence-electron chi connectivity index (χ3n) is 5.06. The molecule has 1 aliphatic heterocycles. The van der Waals surface area contributed by atoms with Crippen molar-refractivity contribution in [2.75, 3.05) is 25.0 Å². The lowest BCUT2D eigenvalue weighted by Crippen LogP contribution is -2.35. The number of aromatic nitrogens is 3. The maximum Gasteiger partial charge on any atom is 0.230 e. The number of piperidine rings is 1. The highest BCUT2D eigenvalue weighted by molar-refractivity contribution is 6.30. The van der Waals surface area contributed by atoms with Gasteiger partial charge in [-0.3, -0.25) is 9.78 Å². The number of anilines is 1. The van der Waals surface area contributed by atoms with Crippen molar-refractivity contribution < 1.29 is 9.32 Å². The molecular formula is C21H22ClN5O2. The smallest absolute Gasteiger partial charge is 0.230 e. The average molecular weight is 412 g/mol. The van der Waals surface area contributed by atoms with Gasteiger partial charge in [-0.05, 0) is 62.3 Å². The molecule has 0 radical (unpaired) electrons. The van der Waals surface area contributed by atoms with E-state index in [2.05, 4.69) is 25.3 Å². The highest BCUT2D eigenvalue weighted by atomic mass is 35.5. The Labute approximate surface area is 174 Å². The normalized spacial score (nSPS) is 15.3. The summed E-state index contributed by atoms with van der Waals surface area (Å²) < 4.78 is 5.47. The van der Waals surface area contributed by atoms with Crippen LogP contribution in [0.15, 0.2) is 53.2 Å². The van der Waals surface area contributed by atoms with Crippen LogP contribution in [0.25, 0.3) is 11.5 Å². The number of rotatable bonds is 6. The lowest BCUT2D eigenvalue weighted by Gasteiger charge is -2.30. The molecule has 0 spiro atoms. The number of carbonyl (C=O) groups excluding carboxylic acids is 1. The van der Waals surface area contributed by atoms with Crippen molar-refractivity contribution >= 4 is 23.2 Å². The fourth-order valence-corrected chi connectivity index (χ4v) is 3.55. The molecular weight excluding hydrogens is 390 g/mol. The molecule has 29 heavy (non-hydrogen) atoms. The predicted molar refractivity (Wildman–Crippen MR) is 111 cm³/mol. The molecule has 7 nitrogen and oxygen atoms in total. The molecule has 1 saturated heterocycles. The Hall–Kier alpha value is -2.77. The highest BCUT2D eigenvalue weighted by Gasteiger charge is 2.25. The Balaban J connectivity index is 1.23. The second kappa shape index (κ2) is 9.15. The number of benzene rings is 1. The highest BCUT2D eigenvalue weighted by Crippen LogP contribution is 2.28. The Morgan fingerprint density at radius 2 is 1.97 bits per heavy atom. The van der Waals surface area contributed by atoms with E-state index in [0.29, 0.717) is 28.9 Å². The predicted octanol–water partition coefficient (Wildman–Crippen LogP) is 3.99. The summed E-state index contributed by atoms with van der Waals surface area (Å²) in [6, 6.07) is 12.8. The molecule has 8 heteroatoms. The van der Waals surface area contributed by atoms with Crippen LogP contribution in [0.1, 0.15) is 31.1 Å². The monoisotopic (exact) mass is 411 g/mol. The van der Waals surface area contributed by atoms with Gasteiger partial charge in [0.2, 0.25) is 17.6 Å². The molecule has 1 fully saturated rings. The fraction of sp³-hybridized carbons (Fsp3) is 0.333. The van der Waals surface area contributed by atoms with Crippen LogP contribution < -0.4 is 5.32 Å². The van der Waals surface area contributed by atoms with Gasteiger partial charge >= 0.3 is 0 Å². The summed E-state index contributed by atoms with van der Waals surface area (Å²) in [5, 5.41) is 7.61. The molecule has 1 aliphatic rings. The maximum absolute atomic E-state index is 12.2. The summed E-state index contributed by atoms with van der Waals surface area (Å²) in [4.78, 5) is 23.2. The summed E-state index contributed by atoms with van der Waals surface area (Å²) in [6.07, 6.45) is 4.04. The van der Waals surface area contributed by atoms with Crippen molar-refractivity contribution in [1.29, 1.82) is 0 Å². The summed E-state index contributed by atoms with van der Waals surface area (Å²) in [5.41, 5.74) is 1.48. The molecule has 4 rings (SSSR count). The third-order valence-corrected chi connectivity index (χ3v) is 5.31. The zero-order chi connectivity index (χ0) is 20.1. The van der Waals surface area contributed by atoms with Gasteiger partial charge in [-0.15, -0.1) is 0 Å². The van der Waals surface area contributed by atoms with Gasteiger partial charge in [0.05, 0.1) is 0 Å². The Morgan fingerprint density at radius 1 is 1.17 bits per heavy atom. The molecule has 0 bridgehead atoms. The van der Waals surface area contributed by atoms with Crippen LogP contribution in [0.2, 0.25) is 5.02 Å². The van der Waals surface area contributed by atoms with Crippen molar-refractivity contribution in [2.45, 2.75) is 25.2 Å². The molecule has 2 aromatic heterocycles. The molecule has 3 aromatic rings. The van der Waals surface area contributed by atoms with Crippen LogP contribution in [-0.4, -0.2) is 45.6 Å². The van der Waals surface area contributed by atoms with Crippen LogP contribution in [0.4, 0.5) is 5.69 Å². The third kappa shape index (κ3) is 5.19. The Kier molecular flexibility index (Phi) is 6.17. The minimum Gasteiger partial charge on any atom is -0.339 e. The van der Waals surface area contributed by atoms with E-state index in [1.807, 2.05) is 18.2 Å². The number of nitrogens with one attached hydrogen (secondary N) is 1. The maximum atomic E-state index is 12.2. The second-order valence-electron chi connectivity index (χ2n) is 7.09. The van der Waals surface area contributed by atoms with Gasteiger partial charge in [0.15, 0.2) is 0 Å². The second-order valence-corrected chi connectivity index (χ2v) is 7.53. The molecule has 0 saturated carbocycles. The molecule has 150 valence electrons. The minimum atomic E-state index is 0.00588. The van der Waals surface area contributed by atoms with Gasteiger partial charge in [-0.2, -0.15) is 4.98 Å². The average Bonchev–Trinajstić information content (AvgIpc) is 3.25. The molecule has 0 unspecified atom stereocenters. The summed E-state index contributed by atoms with van der Waals surface area (Å²) in [6.45, 7) is 2.54. The van der Waals surface area contributed by atoms with Gasteiger partial charge in [-0.25, -0.2) is 0 Å². The van der Waals surface area contributed by atoms with Crippen LogP contribution in [0, 0.1) is 0 Å². The first-order valence-corrected chi connectivity index (χ1v) is 10.1. The zero-order valence-corrected chi connectivity index (χ0v) is 16.7. The van der Waals surface area contributed by atoms with Gasteiger partial charge < -0.3 is 14.7 Å². The standard InChI is InChI=1S/C21H22ClN5O2/c22-16-4-6-17(7-5-16)24-19(28)10-14-27-12-8-15(9-13-27)21-25-20(26-29-21)18-3-1-2-11-23-18/h1-7,11,15H,8-10,12-14H2,(H,24,28). The first-order valence-electron chi connectivity index (χ1n) is 9.70. The number of likely N-dealkylation sites (tertiary alicyclic amines) is 1. The fourth-order valence-electron chi connectivity index (χ4n) is 3.42. The first-order chi connectivity index (χ1) is 14.2. The number of amides is 1. The molecule has 1 N–H and O–H groups in total. The quantitative estimate of drug-likeness (QED) is 0.660. The summed E-state index contributed by atoms with van der Waals surface area (Å²) in [5.74, 6) is 1.46. The zero-order valence-electron chi connectivity index (χ0n) is 15.9.